The van der Waals surface area contributed by atoms with E-state index in [2.05, 4.69) is 54.6 Å². The fourth-order valence-electron chi connectivity index (χ4n) is 3.23. The van der Waals surface area contributed by atoms with Crippen molar-refractivity contribution in [2.45, 2.75) is 44.0 Å². The summed E-state index contributed by atoms with van der Waals surface area (Å²) in [5, 5.41) is 3.55. The molecule has 1 aliphatic rings. The topological polar surface area (TPSA) is 15.3 Å². The minimum atomic E-state index is 0.516. The summed E-state index contributed by atoms with van der Waals surface area (Å²) in [6, 6.07) is 9.63. The fraction of sp³-hybridized carbons (Fsp3) is 0.667. The maximum Gasteiger partial charge on any atom is 0.0320 e. The van der Waals surface area contributed by atoms with Crippen molar-refractivity contribution in [2.24, 2.45) is 5.92 Å². The highest BCUT2D eigenvalue weighted by Gasteiger charge is 2.21. The van der Waals surface area contributed by atoms with Gasteiger partial charge >= 0.3 is 0 Å². The molecule has 1 aromatic carbocycles. The number of nitrogens with zero attached hydrogens (tertiary/aromatic N) is 1. The first-order valence-corrected chi connectivity index (χ1v) is 9.55. The van der Waals surface area contributed by atoms with Crippen LogP contribution in [0.1, 0.15) is 44.7 Å². The second-order valence-corrected chi connectivity index (χ2v) is 7.04. The van der Waals surface area contributed by atoms with Crippen LogP contribution in [0.2, 0.25) is 0 Å². The molecular weight excluding hydrogens is 276 g/mol. The Hall–Kier alpha value is -0.510. The van der Waals surface area contributed by atoms with Crippen molar-refractivity contribution < 1.29 is 0 Å². The van der Waals surface area contributed by atoms with Crippen LogP contribution in [0.15, 0.2) is 29.2 Å². The molecule has 1 N–H and O–H groups in total. The van der Waals surface area contributed by atoms with Crippen LogP contribution in [0.5, 0.6) is 0 Å². The lowest BCUT2D eigenvalue weighted by Crippen LogP contribution is -2.39. The molecule has 2 unspecified atom stereocenters. The van der Waals surface area contributed by atoms with Gasteiger partial charge in [0, 0.05) is 17.5 Å². The highest BCUT2D eigenvalue weighted by Crippen LogP contribution is 2.25. The second-order valence-electron chi connectivity index (χ2n) is 6.16. The van der Waals surface area contributed by atoms with Gasteiger partial charge in [-0.3, -0.25) is 4.90 Å². The lowest BCUT2D eigenvalue weighted by Gasteiger charge is -2.34. The smallest absolute Gasteiger partial charge is 0.0320 e. The molecule has 0 amide bonds. The molecule has 3 heteroatoms. The average molecular weight is 307 g/mol. The molecule has 1 aromatic rings. The number of nitrogens with one attached hydrogen (secondary N) is 1. The van der Waals surface area contributed by atoms with Gasteiger partial charge in [0.15, 0.2) is 0 Å². The Morgan fingerprint density at radius 3 is 2.67 bits per heavy atom. The van der Waals surface area contributed by atoms with Crippen LogP contribution in [-0.2, 0) is 0 Å². The quantitative estimate of drug-likeness (QED) is 0.761. The first-order valence-electron chi connectivity index (χ1n) is 8.33. The summed E-state index contributed by atoms with van der Waals surface area (Å²) in [6.45, 7) is 9.47. The largest absolute Gasteiger partial charge is 0.316 e. The molecule has 1 aliphatic heterocycles. The Morgan fingerprint density at radius 2 is 2.10 bits per heavy atom. The summed E-state index contributed by atoms with van der Waals surface area (Å²) in [7, 11) is 0. The third-order valence-electron chi connectivity index (χ3n) is 4.55. The van der Waals surface area contributed by atoms with Crippen molar-refractivity contribution in [1.82, 2.24) is 10.2 Å². The maximum absolute atomic E-state index is 3.55. The van der Waals surface area contributed by atoms with Gasteiger partial charge in [0.2, 0.25) is 0 Å². The third kappa shape index (κ3) is 5.01. The standard InChI is InChI=1S/C18H30N2S/c1-4-12-20(14-16-6-5-11-19-13-16)15(2)17-7-9-18(21-3)10-8-17/h7-10,15-16,19H,4-6,11-14H2,1-3H3. The second kappa shape index (κ2) is 8.82. The molecule has 118 valence electrons. The molecule has 1 saturated heterocycles. The lowest BCUT2D eigenvalue weighted by atomic mass is 9.97. The van der Waals surface area contributed by atoms with E-state index in [0.717, 1.165) is 5.92 Å². The van der Waals surface area contributed by atoms with Crippen LogP contribution >= 0.6 is 11.8 Å². The molecule has 1 heterocycles. The summed E-state index contributed by atoms with van der Waals surface area (Å²) < 4.78 is 0. The molecule has 0 saturated carbocycles. The first-order chi connectivity index (χ1) is 10.2. The molecule has 0 aromatic heterocycles. The van der Waals surface area contributed by atoms with Crippen molar-refractivity contribution in [3.05, 3.63) is 29.8 Å². The van der Waals surface area contributed by atoms with E-state index in [1.165, 1.54) is 55.9 Å². The van der Waals surface area contributed by atoms with Gasteiger partial charge in [-0.05, 0) is 75.7 Å². The van der Waals surface area contributed by atoms with E-state index in [1.807, 2.05) is 11.8 Å². The van der Waals surface area contributed by atoms with E-state index in [1.54, 1.807) is 0 Å². The third-order valence-corrected chi connectivity index (χ3v) is 5.29. The summed E-state index contributed by atoms with van der Waals surface area (Å²) in [6.07, 6.45) is 6.08. The van der Waals surface area contributed by atoms with E-state index >= 15 is 0 Å². The normalized spacial score (nSPS) is 20.7. The number of benzene rings is 1. The Balaban J connectivity index is 2.00. The number of piperidine rings is 1. The molecule has 0 spiro atoms. The van der Waals surface area contributed by atoms with E-state index in [0.29, 0.717) is 6.04 Å². The number of hydrogen-bond acceptors (Lipinski definition) is 3. The highest BCUT2D eigenvalue weighted by atomic mass is 32.2. The summed E-state index contributed by atoms with van der Waals surface area (Å²) >= 11 is 1.81. The monoisotopic (exact) mass is 306 g/mol. The number of rotatable bonds is 7. The Morgan fingerprint density at radius 1 is 1.33 bits per heavy atom. The maximum atomic E-state index is 3.55. The van der Waals surface area contributed by atoms with Crippen LogP contribution in [0.3, 0.4) is 0 Å². The van der Waals surface area contributed by atoms with E-state index < -0.39 is 0 Å². The Bertz CT molecular complexity index is 398. The zero-order valence-corrected chi connectivity index (χ0v) is 14.6. The Kier molecular flexibility index (Phi) is 7.08. The SMILES string of the molecule is CCCN(CC1CCCNC1)C(C)c1ccc(SC)cc1. The molecule has 2 atom stereocenters. The fourth-order valence-corrected chi connectivity index (χ4v) is 3.64. The van der Waals surface area contributed by atoms with Gasteiger partial charge in [-0.25, -0.2) is 0 Å². The van der Waals surface area contributed by atoms with Gasteiger partial charge in [-0.2, -0.15) is 0 Å². The zero-order chi connectivity index (χ0) is 15.1. The van der Waals surface area contributed by atoms with E-state index in [-0.39, 0.29) is 0 Å². The van der Waals surface area contributed by atoms with Crippen LogP contribution < -0.4 is 5.32 Å². The van der Waals surface area contributed by atoms with E-state index in [9.17, 15) is 0 Å². The van der Waals surface area contributed by atoms with Crippen molar-refractivity contribution in [3.8, 4) is 0 Å². The molecule has 2 rings (SSSR count). The minimum absolute atomic E-state index is 0.516. The van der Waals surface area contributed by atoms with Gasteiger partial charge in [0.25, 0.3) is 0 Å². The predicted molar refractivity (Wildman–Crippen MR) is 94.1 cm³/mol. The van der Waals surface area contributed by atoms with Crippen LogP contribution in [0.4, 0.5) is 0 Å². The molecule has 21 heavy (non-hydrogen) atoms. The lowest BCUT2D eigenvalue weighted by molar-refractivity contribution is 0.163. The van der Waals surface area contributed by atoms with Gasteiger partial charge in [0.1, 0.15) is 0 Å². The summed E-state index contributed by atoms with van der Waals surface area (Å²) in [4.78, 5) is 4.02. The molecule has 0 radical (unpaired) electrons. The van der Waals surface area contributed by atoms with Crippen molar-refractivity contribution in [1.29, 1.82) is 0 Å². The molecule has 0 aliphatic carbocycles. The van der Waals surface area contributed by atoms with Gasteiger partial charge in [-0.1, -0.05) is 19.1 Å². The summed E-state index contributed by atoms with van der Waals surface area (Å²) in [5.41, 5.74) is 1.45. The molecular formula is C18H30N2S. The molecule has 0 bridgehead atoms. The molecule has 1 fully saturated rings. The highest BCUT2D eigenvalue weighted by molar-refractivity contribution is 7.98. The summed E-state index contributed by atoms with van der Waals surface area (Å²) in [5.74, 6) is 0.818. The number of thioether (sulfide) groups is 1. The van der Waals surface area contributed by atoms with Crippen LogP contribution in [0, 0.1) is 5.92 Å². The first kappa shape index (κ1) is 16.9. The van der Waals surface area contributed by atoms with Crippen molar-refractivity contribution >= 4 is 11.8 Å². The predicted octanol–water partition coefficient (Wildman–Crippen LogP) is 4.18. The minimum Gasteiger partial charge on any atom is -0.316 e. The van der Waals surface area contributed by atoms with E-state index in [4.69, 9.17) is 0 Å². The van der Waals surface area contributed by atoms with Crippen LogP contribution in [0.25, 0.3) is 0 Å². The zero-order valence-electron chi connectivity index (χ0n) is 13.8. The van der Waals surface area contributed by atoms with Gasteiger partial charge < -0.3 is 5.32 Å². The van der Waals surface area contributed by atoms with Gasteiger partial charge in [-0.15, -0.1) is 11.8 Å². The van der Waals surface area contributed by atoms with Crippen molar-refractivity contribution in [3.63, 3.8) is 0 Å². The van der Waals surface area contributed by atoms with Gasteiger partial charge in [0.05, 0.1) is 0 Å². The van der Waals surface area contributed by atoms with Crippen LogP contribution in [-0.4, -0.2) is 37.3 Å². The molecule has 2 nitrogen and oxygen atoms in total. The van der Waals surface area contributed by atoms with Crippen molar-refractivity contribution in [2.75, 3.05) is 32.4 Å². The number of hydrogen-bond donors (Lipinski definition) is 1. The Labute approximate surface area is 134 Å². The average Bonchev–Trinajstić information content (AvgIpc) is 2.55.